The maximum atomic E-state index is 11.1. The summed E-state index contributed by atoms with van der Waals surface area (Å²) in [4.78, 5) is 22.1. The lowest BCUT2D eigenvalue weighted by atomic mass is 9.84. The highest BCUT2D eigenvalue weighted by Gasteiger charge is 2.31. The molecule has 1 atom stereocenters. The molecule has 0 aromatic heterocycles. The number of carbonyl (C=O) groups is 2. The van der Waals surface area contributed by atoms with Gasteiger partial charge in [-0.25, -0.2) is 0 Å². The molecule has 1 rings (SSSR count). The first kappa shape index (κ1) is 12.0. The van der Waals surface area contributed by atoms with Crippen molar-refractivity contribution in [1.29, 1.82) is 0 Å². The van der Waals surface area contributed by atoms with Crippen LogP contribution in [-0.2, 0) is 19.1 Å². The normalized spacial score (nSPS) is 19.5. The Bertz CT molecular complexity index is 232. The van der Waals surface area contributed by atoms with Gasteiger partial charge in [-0.3, -0.25) is 9.59 Å². The first-order valence-corrected chi connectivity index (χ1v) is 5.02. The molecule has 15 heavy (non-hydrogen) atoms. The first-order chi connectivity index (χ1) is 7.15. The molecule has 0 aromatic rings. The number of carboxylic acids is 1. The fourth-order valence-corrected chi connectivity index (χ4v) is 1.84. The second kappa shape index (κ2) is 5.70. The van der Waals surface area contributed by atoms with Crippen molar-refractivity contribution in [3.63, 3.8) is 0 Å². The van der Waals surface area contributed by atoms with E-state index in [2.05, 4.69) is 4.74 Å². The monoisotopic (exact) mass is 216 g/mol. The zero-order chi connectivity index (χ0) is 11.3. The van der Waals surface area contributed by atoms with Crippen molar-refractivity contribution in [2.45, 2.75) is 19.3 Å². The SMILES string of the molecule is COC(=O)C[C@H](C(=O)O)C1CCOCC1. The summed E-state index contributed by atoms with van der Waals surface area (Å²) in [5, 5.41) is 9.02. The maximum Gasteiger partial charge on any atom is 0.307 e. The Hall–Kier alpha value is -1.10. The van der Waals surface area contributed by atoms with Gasteiger partial charge in [-0.05, 0) is 18.8 Å². The third kappa shape index (κ3) is 3.51. The lowest BCUT2D eigenvalue weighted by Crippen LogP contribution is -2.31. The van der Waals surface area contributed by atoms with E-state index in [0.717, 1.165) is 0 Å². The summed E-state index contributed by atoms with van der Waals surface area (Å²) in [7, 11) is 1.27. The Balaban J connectivity index is 2.55. The molecule has 0 radical (unpaired) electrons. The maximum absolute atomic E-state index is 11.1. The van der Waals surface area contributed by atoms with Crippen LogP contribution in [-0.4, -0.2) is 37.4 Å². The number of esters is 1. The van der Waals surface area contributed by atoms with E-state index in [1.165, 1.54) is 7.11 Å². The second-order valence-corrected chi connectivity index (χ2v) is 3.67. The van der Waals surface area contributed by atoms with E-state index in [4.69, 9.17) is 9.84 Å². The minimum Gasteiger partial charge on any atom is -0.481 e. The number of rotatable bonds is 4. The minimum atomic E-state index is -0.924. The quantitative estimate of drug-likeness (QED) is 0.699. The Labute approximate surface area is 88.4 Å². The van der Waals surface area contributed by atoms with Crippen molar-refractivity contribution in [3.8, 4) is 0 Å². The van der Waals surface area contributed by atoms with Crippen LogP contribution in [0.1, 0.15) is 19.3 Å². The van der Waals surface area contributed by atoms with Crippen molar-refractivity contribution >= 4 is 11.9 Å². The number of methoxy groups -OCH3 is 1. The number of hydrogen-bond acceptors (Lipinski definition) is 4. The fourth-order valence-electron chi connectivity index (χ4n) is 1.84. The Morgan fingerprint density at radius 3 is 2.53 bits per heavy atom. The molecule has 0 amide bonds. The van der Waals surface area contributed by atoms with E-state index in [1.54, 1.807) is 0 Å². The number of aliphatic carboxylic acids is 1. The summed E-state index contributed by atoms with van der Waals surface area (Å²) in [5.74, 6) is -2.00. The highest BCUT2D eigenvalue weighted by molar-refractivity contribution is 5.78. The van der Waals surface area contributed by atoms with E-state index < -0.39 is 17.9 Å². The molecule has 0 aromatic carbocycles. The molecular formula is C10H16O5. The summed E-state index contributed by atoms with van der Waals surface area (Å²) in [5.41, 5.74) is 0. The largest absolute Gasteiger partial charge is 0.481 e. The molecule has 0 spiro atoms. The van der Waals surface area contributed by atoms with Gasteiger partial charge in [-0.15, -0.1) is 0 Å². The van der Waals surface area contributed by atoms with Crippen LogP contribution in [0.15, 0.2) is 0 Å². The summed E-state index contributed by atoms with van der Waals surface area (Å²) in [6.07, 6.45) is 1.36. The van der Waals surface area contributed by atoms with Crippen molar-refractivity contribution < 1.29 is 24.2 Å². The average molecular weight is 216 g/mol. The first-order valence-electron chi connectivity index (χ1n) is 5.02. The van der Waals surface area contributed by atoms with Gasteiger partial charge in [0.05, 0.1) is 19.4 Å². The Morgan fingerprint density at radius 2 is 2.07 bits per heavy atom. The molecule has 1 saturated heterocycles. The fraction of sp³-hybridized carbons (Fsp3) is 0.800. The Morgan fingerprint density at radius 1 is 1.47 bits per heavy atom. The van der Waals surface area contributed by atoms with Crippen LogP contribution in [0.25, 0.3) is 0 Å². The summed E-state index contributed by atoms with van der Waals surface area (Å²) < 4.78 is 9.64. The molecule has 0 saturated carbocycles. The standard InChI is InChI=1S/C10H16O5/c1-14-9(11)6-8(10(12)13)7-2-4-15-5-3-7/h7-8H,2-6H2,1H3,(H,12,13)/t8-/m0/s1. The van der Waals surface area contributed by atoms with Gasteiger partial charge in [0.1, 0.15) is 0 Å². The van der Waals surface area contributed by atoms with Gasteiger partial charge in [0.15, 0.2) is 0 Å². The van der Waals surface area contributed by atoms with Crippen LogP contribution in [0.5, 0.6) is 0 Å². The van der Waals surface area contributed by atoms with Crippen LogP contribution in [0.4, 0.5) is 0 Å². The smallest absolute Gasteiger partial charge is 0.307 e. The average Bonchev–Trinajstić information content (AvgIpc) is 2.26. The van der Waals surface area contributed by atoms with Crippen molar-refractivity contribution in [1.82, 2.24) is 0 Å². The molecule has 1 aliphatic heterocycles. The molecule has 1 N–H and O–H groups in total. The van der Waals surface area contributed by atoms with Crippen LogP contribution < -0.4 is 0 Å². The molecule has 5 nitrogen and oxygen atoms in total. The third-order valence-electron chi connectivity index (χ3n) is 2.77. The van der Waals surface area contributed by atoms with Crippen molar-refractivity contribution in [2.75, 3.05) is 20.3 Å². The highest BCUT2D eigenvalue weighted by atomic mass is 16.5. The van der Waals surface area contributed by atoms with Crippen LogP contribution in [0, 0.1) is 11.8 Å². The minimum absolute atomic E-state index is 0.0235. The lowest BCUT2D eigenvalue weighted by molar-refractivity contribution is -0.153. The molecule has 86 valence electrons. The zero-order valence-electron chi connectivity index (χ0n) is 8.77. The molecule has 1 heterocycles. The van der Waals surface area contributed by atoms with E-state index in [1.807, 2.05) is 0 Å². The van der Waals surface area contributed by atoms with Gasteiger partial charge < -0.3 is 14.6 Å². The predicted molar refractivity (Wildman–Crippen MR) is 51.3 cm³/mol. The van der Waals surface area contributed by atoms with Crippen LogP contribution in [0.2, 0.25) is 0 Å². The lowest BCUT2D eigenvalue weighted by Gasteiger charge is -2.26. The van der Waals surface area contributed by atoms with E-state index in [0.29, 0.717) is 26.1 Å². The number of hydrogen-bond donors (Lipinski definition) is 1. The third-order valence-corrected chi connectivity index (χ3v) is 2.77. The summed E-state index contributed by atoms with van der Waals surface area (Å²) in [6, 6.07) is 0. The number of carbonyl (C=O) groups excluding carboxylic acids is 1. The summed E-state index contributed by atoms with van der Waals surface area (Å²) in [6.45, 7) is 1.16. The van der Waals surface area contributed by atoms with Gasteiger partial charge in [0.2, 0.25) is 0 Å². The Kier molecular flexibility index (Phi) is 4.55. The van der Waals surface area contributed by atoms with Crippen molar-refractivity contribution in [2.24, 2.45) is 11.8 Å². The summed E-state index contributed by atoms with van der Waals surface area (Å²) >= 11 is 0. The predicted octanol–water partition coefficient (Wildman–Crippen LogP) is 0.677. The van der Waals surface area contributed by atoms with Gasteiger partial charge in [0.25, 0.3) is 0 Å². The molecule has 0 unspecified atom stereocenters. The molecule has 0 aliphatic carbocycles. The van der Waals surface area contributed by atoms with Crippen molar-refractivity contribution in [3.05, 3.63) is 0 Å². The zero-order valence-corrected chi connectivity index (χ0v) is 8.77. The van der Waals surface area contributed by atoms with Gasteiger partial charge in [0, 0.05) is 13.2 Å². The molecule has 0 bridgehead atoms. The number of carboxylic acid groups (broad SMARTS) is 1. The van der Waals surface area contributed by atoms with E-state index in [-0.39, 0.29) is 12.3 Å². The van der Waals surface area contributed by atoms with Gasteiger partial charge in [-0.2, -0.15) is 0 Å². The van der Waals surface area contributed by atoms with Gasteiger partial charge in [-0.1, -0.05) is 0 Å². The van der Waals surface area contributed by atoms with E-state index >= 15 is 0 Å². The molecule has 1 aliphatic rings. The second-order valence-electron chi connectivity index (χ2n) is 3.67. The number of ether oxygens (including phenoxy) is 2. The van der Waals surface area contributed by atoms with Crippen LogP contribution in [0.3, 0.4) is 0 Å². The van der Waals surface area contributed by atoms with Crippen LogP contribution >= 0.6 is 0 Å². The topological polar surface area (TPSA) is 72.8 Å². The molecule has 1 fully saturated rings. The molecule has 5 heteroatoms. The highest BCUT2D eigenvalue weighted by Crippen LogP contribution is 2.26. The van der Waals surface area contributed by atoms with E-state index in [9.17, 15) is 9.59 Å². The molecular weight excluding hydrogens is 200 g/mol. The van der Waals surface area contributed by atoms with Gasteiger partial charge >= 0.3 is 11.9 Å².